The van der Waals surface area contributed by atoms with E-state index in [1.807, 2.05) is 66.7 Å². The van der Waals surface area contributed by atoms with Crippen molar-refractivity contribution in [3.05, 3.63) is 90.0 Å². The van der Waals surface area contributed by atoms with Crippen molar-refractivity contribution in [3.8, 4) is 16.9 Å². The molecule has 0 amide bonds. The second-order valence-electron chi connectivity index (χ2n) is 5.57. The summed E-state index contributed by atoms with van der Waals surface area (Å²) in [5, 5.41) is 20.3. The molecule has 2 N–H and O–H groups in total. The minimum absolute atomic E-state index is 0.246. The van der Waals surface area contributed by atoms with Gasteiger partial charge in [-0.3, -0.25) is 0 Å². The van der Waals surface area contributed by atoms with E-state index in [1.54, 1.807) is 19.1 Å². The molecule has 0 radical (unpaired) electrons. The Morgan fingerprint density at radius 1 is 0.682 bits per heavy atom. The monoisotopic (exact) mass is 290 g/mol. The summed E-state index contributed by atoms with van der Waals surface area (Å²) < 4.78 is 0. The molecule has 3 rings (SSSR count). The first-order chi connectivity index (χ1) is 10.6. The quantitative estimate of drug-likeness (QED) is 0.754. The van der Waals surface area contributed by atoms with Crippen molar-refractivity contribution < 1.29 is 10.2 Å². The van der Waals surface area contributed by atoms with Crippen molar-refractivity contribution in [1.29, 1.82) is 0 Å². The summed E-state index contributed by atoms with van der Waals surface area (Å²) in [7, 11) is 0. The van der Waals surface area contributed by atoms with Gasteiger partial charge in [0.15, 0.2) is 0 Å². The van der Waals surface area contributed by atoms with Crippen LogP contribution >= 0.6 is 0 Å². The van der Waals surface area contributed by atoms with Crippen molar-refractivity contribution >= 4 is 0 Å². The predicted octanol–water partition coefficient (Wildman–Crippen LogP) is 4.32. The fourth-order valence-electron chi connectivity index (χ4n) is 2.58. The van der Waals surface area contributed by atoms with Gasteiger partial charge < -0.3 is 10.2 Å². The average Bonchev–Trinajstić information content (AvgIpc) is 2.56. The third-order valence-electron chi connectivity index (χ3n) is 3.96. The lowest BCUT2D eigenvalue weighted by Crippen LogP contribution is -2.22. The molecular formula is C20H18O2. The lowest BCUT2D eigenvalue weighted by Gasteiger charge is -2.25. The maximum absolute atomic E-state index is 10.9. The molecule has 1 atom stereocenters. The molecule has 0 aliphatic carbocycles. The summed E-state index contributed by atoms with van der Waals surface area (Å²) in [6.07, 6.45) is 0. The third-order valence-corrected chi connectivity index (χ3v) is 3.96. The minimum Gasteiger partial charge on any atom is -0.508 e. The molecule has 2 heteroatoms. The Bertz CT molecular complexity index is 759. The SMILES string of the molecule is CC(O)(c1ccccc1)c1cccc(-c2ccc(O)cc2)c1. The summed E-state index contributed by atoms with van der Waals surface area (Å²) in [4.78, 5) is 0. The maximum Gasteiger partial charge on any atom is 0.115 e. The summed E-state index contributed by atoms with van der Waals surface area (Å²) in [5.74, 6) is 0.246. The molecule has 0 spiro atoms. The fourth-order valence-corrected chi connectivity index (χ4v) is 2.58. The van der Waals surface area contributed by atoms with Crippen LogP contribution in [0.15, 0.2) is 78.9 Å². The lowest BCUT2D eigenvalue weighted by atomic mass is 9.87. The highest BCUT2D eigenvalue weighted by molar-refractivity contribution is 5.65. The van der Waals surface area contributed by atoms with E-state index in [4.69, 9.17) is 0 Å². The zero-order chi connectivity index (χ0) is 15.6. The minimum atomic E-state index is -1.05. The van der Waals surface area contributed by atoms with Crippen LogP contribution in [0.3, 0.4) is 0 Å². The predicted molar refractivity (Wildman–Crippen MR) is 88.7 cm³/mol. The largest absolute Gasteiger partial charge is 0.508 e. The van der Waals surface area contributed by atoms with Crippen LogP contribution in [-0.4, -0.2) is 10.2 Å². The molecule has 0 saturated carbocycles. The third kappa shape index (κ3) is 2.74. The molecule has 0 fully saturated rings. The molecule has 0 aliphatic heterocycles. The molecule has 110 valence electrons. The average molecular weight is 290 g/mol. The molecule has 3 aromatic rings. The highest BCUT2D eigenvalue weighted by Crippen LogP contribution is 2.32. The van der Waals surface area contributed by atoms with E-state index in [0.29, 0.717) is 0 Å². The van der Waals surface area contributed by atoms with Gasteiger partial charge >= 0.3 is 0 Å². The Morgan fingerprint density at radius 2 is 1.32 bits per heavy atom. The molecule has 3 aromatic carbocycles. The van der Waals surface area contributed by atoms with Crippen LogP contribution in [0.25, 0.3) is 11.1 Å². The van der Waals surface area contributed by atoms with Gasteiger partial charge in [0.1, 0.15) is 11.4 Å². The summed E-state index contributed by atoms with van der Waals surface area (Å²) in [6, 6.07) is 24.5. The van der Waals surface area contributed by atoms with E-state index in [9.17, 15) is 10.2 Å². The maximum atomic E-state index is 10.9. The molecule has 2 nitrogen and oxygen atoms in total. The van der Waals surface area contributed by atoms with Gasteiger partial charge in [0.25, 0.3) is 0 Å². The number of phenols is 1. The molecule has 1 unspecified atom stereocenters. The summed E-state index contributed by atoms with van der Waals surface area (Å²) in [5.41, 5.74) is 2.66. The van der Waals surface area contributed by atoms with Crippen molar-refractivity contribution in [3.63, 3.8) is 0 Å². The first kappa shape index (κ1) is 14.4. The molecule has 0 saturated heterocycles. The topological polar surface area (TPSA) is 40.5 Å². The van der Waals surface area contributed by atoms with Crippen LogP contribution < -0.4 is 0 Å². The van der Waals surface area contributed by atoms with Gasteiger partial charge in [0.05, 0.1) is 0 Å². The van der Waals surface area contributed by atoms with Crippen molar-refractivity contribution in [1.82, 2.24) is 0 Å². The Morgan fingerprint density at radius 3 is 2.00 bits per heavy atom. The van der Waals surface area contributed by atoms with Crippen LogP contribution in [0.5, 0.6) is 5.75 Å². The second-order valence-corrected chi connectivity index (χ2v) is 5.57. The van der Waals surface area contributed by atoms with E-state index in [-0.39, 0.29) is 5.75 Å². The van der Waals surface area contributed by atoms with Crippen LogP contribution in [0.1, 0.15) is 18.1 Å². The molecule has 0 heterocycles. The highest BCUT2D eigenvalue weighted by atomic mass is 16.3. The number of hydrogen-bond acceptors (Lipinski definition) is 2. The molecular weight excluding hydrogens is 272 g/mol. The molecule has 22 heavy (non-hydrogen) atoms. The summed E-state index contributed by atoms with van der Waals surface area (Å²) >= 11 is 0. The van der Waals surface area contributed by atoms with Crippen molar-refractivity contribution in [2.24, 2.45) is 0 Å². The summed E-state index contributed by atoms with van der Waals surface area (Å²) in [6.45, 7) is 1.80. The molecule has 0 aromatic heterocycles. The molecule has 0 aliphatic rings. The Hall–Kier alpha value is -2.58. The van der Waals surface area contributed by atoms with Gasteiger partial charge in [-0.25, -0.2) is 0 Å². The highest BCUT2D eigenvalue weighted by Gasteiger charge is 2.25. The van der Waals surface area contributed by atoms with Gasteiger partial charge in [-0.2, -0.15) is 0 Å². The zero-order valence-corrected chi connectivity index (χ0v) is 12.4. The Balaban J connectivity index is 2.02. The Labute approximate surface area is 130 Å². The van der Waals surface area contributed by atoms with Crippen LogP contribution in [0, 0.1) is 0 Å². The normalized spacial score (nSPS) is 13.5. The lowest BCUT2D eigenvalue weighted by molar-refractivity contribution is 0.102. The second kappa shape index (κ2) is 5.66. The number of hydrogen-bond donors (Lipinski definition) is 2. The van der Waals surface area contributed by atoms with Crippen LogP contribution in [-0.2, 0) is 5.60 Å². The zero-order valence-electron chi connectivity index (χ0n) is 12.4. The van der Waals surface area contributed by atoms with E-state index < -0.39 is 5.60 Å². The van der Waals surface area contributed by atoms with Crippen LogP contribution in [0.2, 0.25) is 0 Å². The smallest absolute Gasteiger partial charge is 0.115 e. The number of rotatable bonds is 3. The number of phenolic OH excluding ortho intramolecular Hbond substituents is 1. The number of benzene rings is 3. The standard InChI is InChI=1S/C20H18O2/c1-20(22,17-7-3-2-4-8-17)18-9-5-6-16(14-18)15-10-12-19(21)13-11-15/h2-14,21-22H,1H3. The Kier molecular flexibility index (Phi) is 3.70. The van der Waals surface area contributed by atoms with Crippen LogP contribution in [0.4, 0.5) is 0 Å². The van der Waals surface area contributed by atoms with Gasteiger partial charge in [0.2, 0.25) is 0 Å². The fraction of sp³-hybridized carbons (Fsp3) is 0.100. The van der Waals surface area contributed by atoms with E-state index in [0.717, 1.165) is 22.3 Å². The van der Waals surface area contributed by atoms with Gasteiger partial charge in [0, 0.05) is 0 Å². The van der Waals surface area contributed by atoms with Crippen molar-refractivity contribution in [2.75, 3.05) is 0 Å². The first-order valence-corrected chi connectivity index (χ1v) is 7.25. The number of aliphatic hydroxyl groups is 1. The molecule has 0 bridgehead atoms. The van der Waals surface area contributed by atoms with Crippen molar-refractivity contribution in [2.45, 2.75) is 12.5 Å². The number of aromatic hydroxyl groups is 1. The first-order valence-electron chi connectivity index (χ1n) is 7.25. The van der Waals surface area contributed by atoms with Gasteiger partial charge in [-0.1, -0.05) is 60.7 Å². The van der Waals surface area contributed by atoms with Gasteiger partial charge in [-0.05, 0) is 47.4 Å². The van der Waals surface area contributed by atoms with Gasteiger partial charge in [-0.15, -0.1) is 0 Å². The van der Waals surface area contributed by atoms with E-state index in [1.165, 1.54) is 0 Å². The van der Waals surface area contributed by atoms with E-state index >= 15 is 0 Å². The van der Waals surface area contributed by atoms with E-state index in [2.05, 4.69) is 0 Å².